The van der Waals surface area contributed by atoms with Crippen molar-refractivity contribution in [1.82, 2.24) is 4.90 Å². The lowest BCUT2D eigenvalue weighted by Crippen LogP contribution is -2.28. The number of hydrogen-bond donors (Lipinski definition) is 1. The lowest BCUT2D eigenvalue weighted by atomic mass is 10.1. The first-order valence-corrected chi connectivity index (χ1v) is 7.09. The average molecular weight is 275 g/mol. The predicted octanol–water partition coefficient (Wildman–Crippen LogP) is 2.66. The van der Waals surface area contributed by atoms with E-state index in [0.29, 0.717) is 12.5 Å². The molecule has 0 saturated heterocycles. The van der Waals surface area contributed by atoms with E-state index in [2.05, 4.69) is 43.7 Å². The molecule has 20 heavy (non-hydrogen) atoms. The predicted molar refractivity (Wildman–Crippen MR) is 82.8 cm³/mol. The van der Waals surface area contributed by atoms with Crippen molar-refractivity contribution >= 4 is 0 Å². The number of ether oxygens (including phenoxy) is 1. The number of benzene rings is 1. The standard InChI is InChI=1S/C17H25NO2/c1-5-14(2)18(3)13-16-12-15(8-6-7-11-19)9-10-17(16)20-4/h9-10,12,14,19H,5,7,11,13H2,1-4H3. The Hall–Kier alpha value is -1.50. The highest BCUT2D eigenvalue weighted by atomic mass is 16.5. The van der Waals surface area contributed by atoms with E-state index >= 15 is 0 Å². The van der Waals surface area contributed by atoms with Gasteiger partial charge in [-0.05, 0) is 38.6 Å². The number of aliphatic hydroxyl groups is 1. The summed E-state index contributed by atoms with van der Waals surface area (Å²) in [5.41, 5.74) is 2.11. The summed E-state index contributed by atoms with van der Waals surface area (Å²) in [5.74, 6) is 6.91. The molecule has 1 rings (SSSR count). The first kappa shape index (κ1) is 16.6. The van der Waals surface area contributed by atoms with Crippen LogP contribution >= 0.6 is 0 Å². The zero-order chi connectivity index (χ0) is 15.0. The van der Waals surface area contributed by atoms with Crippen molar-refractivity contribution in [2.45, 2.75) is 39.3 Å². The molecular weight excluding hydrogens is 250 g/mol. The summed E-state index contributed by atoms with van der Waals surface area (Å²) in [5, 5.41) is 8.76. The molecular formula is C17H25NO2. The van der Waals surface area contributed by atoms with Crippen LogP contribution < -0.4 is 4.74 Å². The van der Waals surface area contributed by atoms with E-state index in [9.17, 15) is 0 Å². The van der Waals surface area contributed by atoms with Gasteiger partial charge in [-0.25, -0.2) is 0 Å². The van der Waals surface area contributed by atoms with Gasteiger partial charge >= 0.3 is 0 Å². The summed E-state index contributed by atoms with van der Waals surface area (Å²) >= 11 is 0. The molecule has 0 aromatic heterocycles. The second-order valence-corrected chi connectivity index (χ2v) is 4.97. The summed E-state index contributed by atoms with van der Waals surface area (Å²) in [6, 6.07) is 6.52. The topological polar surface area (TPSA) is 32.7 Å². The quantitative estimate of drug-likeness (QED) is 0.810. The van der Waals surface area contributed by atoms with Gasteiger partial charge < -0.3 is 9.84 Å². The Bertz CT molecular complexity index is 474. The molecule has 0 aliphatic carbocycles. The van der Waals surface area contributed by atoms with Crippen LogP contribution in [-0.4, -0.2) is 36.8 Å². The smallest absolute Gasteiger partial charge is 0.123 e. The van der Waals surface area contributed by atoms with Crippen molar-refractivity contribution in [3.63, 3.8) is 0 Å². The third kappa shape index (κ3) is 4.88. The first-order valence-electron chi connectivity index (χ1n) is 7.09. The summed E-state index contributed by atoms with van der Waals surface area (Å²) in [4.78, 5) is 2.31. The zero-order valence-corrected chi connectivity index (χ0v) is 12.9. The van der Waals surface area contributed by atoms with Crippen LogP contribution in [0.2, 0.25) is 0 Å². The Kier molecular flexibility index (Phi) is 7.14. The minimum Gasteiger partial charge on any atom is -0.496 e. The third-order valence-electron chi connectivity index (χ3n) is 3.51. The molecule has 3 nitrogen and oxygen atoms in total. The number of methoxy groups -OCH3 is 1. The molecule has 3 heteroatoms. The molecule has 110 valence electrons. The van der Waals surface area contributed by atoms with Gasteiger partial charge in [-0.1, -0.05) is 18.8 Å². The molecule has 1 aromatic carbocycles. The Morgan fingerprint density at radius 2 is 2.15 bits per heavy atom. The van der Waals surface area contributed by atoms with Gasteiger partial charge in [0.15, 0.2) is 0 Å². The van der Waals surface area contributed by atoms with Crippen molar-refractivity contribution < 1.29 is 9.84 Å². The van der Waals surface area contributed by atoms with Crippen LogP contribution in [0.4, 0.5) is 0 Å². The Balaban J connectivity index is 2.92. The van der Waals surface area contributed by atoms with Crippen LogP contribution in [0.1, 0.15) is 37.8 Å². The van der Waals surface area contributed by atoms with Crippen LogP contribution in [0.3, 0.4) is 0 Å². The van der Waals surface area contributed by atoms with E-state index in [1.54, 1.807) is 7.11 Å². The number of aliphatic hydroxyl groups excluding tert-OH is 1. The molecule has 1 N–H and O–H groups in total. The molecule has 1 aromatic rings. The maximum Gasteiger partial charge on any atom is 0.123 e. The van der Waals surface area contributed by atoms with Crippen molar-refractivity contribution in [2.75, 3.05) is 20.8 Å². The molecule has 0 radical (unpaired) electrons. The van der Waals surface area contributed by atoms with Crippen molar-refractivity contribution in [3.05, 3.63) is 29.3 Å². The lowest BCUT2D eigenvalue weighted by Gasteiger charge is -2.24. The van der Waals surface area contributed by atoms with Crippen LogP contribution in [0.15, 0.2) is 18.2 Å². The van der Waals surface area contributed by atoms with Crippen LogP contribution in [0.5, 0.6) is 5.75 Å². The van der Waals surface area contributed by atoms with Gasteiger partial charge in [-0.15, -0.1) is 0 Å². The van der Waals surface area contributed by atoms with Gasteiger partial charge in [-0.2, -0.15) is 0 Å². The third-order valence-corrected chi connectivity index (χ3v) is 3.51. The van der Waals surface area contributed by atoms with Gasteiger partial charge in [-0.3, -0.25) is 4.90 Å². The highest BCUT2D eigenvalue weighted by Gasteiger charge is 2.11. The zero-order valence-electron chi connectivity index (χ0n) is 12.9. The highest BCUT2D eigenvalue weighted by molar-refractivity contribution is 5.44. The summed E-state index contributed by atoms with van der Waals surface area (Å²) in [7, 11) is 3.82. The average Bonchev–Trinajstić information content (AvgIpc) is 2.47. The fraction of sp³-hybridized carbons (Fsp3) is 0.529. The van der Waals surface area contributed by atoms with Gasteiger partial charge in [0, 0.05) is 30.1 Å². The second-order valence-electron chi connectivity index (χ2n) is 4.97. The van der Waals surface area contributed by atoms with Gasteiger partial charge in [0.25, 0.3) is 0 Å². The molecule has 0 aliphatic rings. The largest absolute Gasteiger partial charge is 0.496 e. The van der Waals surface area contributed by atoms with Gasteiger partial charge in [0.05, 0.1) is 13.7 Å². The lowest BCUT2D eigenvalue weighted by molar-refractivity contribution is 0.240. The number of nitrogens with zero attached hydrogens (tertiary/aromatic N) is 1. The Morgan fingerprint density at radius 1 is 1.40 bits per heavy atom. The monoisotopic (exact) mass is 275 g/mol. The molecule has 0 spiro atoms. The van der Waals surface area contributed by atoms with Crippen molar-refractivity contribution in [1.29, 1.82) is 0 Å². The molecule has 0 aliphatic heterocycles. The molecule has 0 bridgehead atoms. The minimum atomic E-state index is 0.104. The van der Waals surface area contributed by atoms with E-state index < -0.39 is 0 Å². The summed E-state index contributed by atoms with van der Waals surface area (Å²) in [6.45, 7) is 5.35. The molecule has 0 saturated carbocycles. The molecule has 1 atom stereocenters. The van der Waals surface area contributed by atoms with Crippen LogP contribution in [0.25, 0.3) is 0 Å². The minimum absolute atomic E-state index is 0.104. The fourth-order valence-corrected chi connectivity index (χ4v) is 1.94. The molecule has 0 amide bonds. The molecule has 0 fully saturated rings. The van der Waals surface area contributed by atoms with Crippen molar-refractivity contribution in [3.8, 4) is 17.6 Å². The maximum absolute atomic E-state index is 8.76. The van der Waals surface area contributed by atoms with E-state index in [4.69, 9.17) is 9.84 Å². The van der Waals surface area contributed by atoms with Gasteiger partial charge in [0.2, 0.25) is 0 Å². The maximum atomic E-state index is 8.76. The number of rotatable bonds is 6. The van der Waals surface area contributed by atoms with Crippen LogP contribution in [-0.2, 0) is 6.54 Å². The SMILES string of the molecule is CCC(C)N(C)Cc1cc(C#CCCO)ccc1OC. The van der Waals surface area contributed by atoms with E-state index in [1.165, 1.54) is 0 Å². The summed E-state index contributed by atoms with van der Waals surface area (Å²) < 4.78 is 5.43. The van der Waals surface area contributed by atoms with E-state index in [1.807, 2.05) is 12.1 Å². The molecule has 1 unspecified atom stereocenters. The Labute approximate surface area is 122 Å². The first-order chi connectivity index (χ1) is 9.62. The Morgan fingerprint density at radius 3 is 2.75 bits per heavy atom. The summed E-state index contributed by atoms with van der Waals surface area (Å²) in [6.07, 6.45) is 1.63. The number of hydrogen-bond acceptors (Lipinski definition) is 3. The van der Waals surface area contributed by atoms with Crippen molar-refractivity contribution in [2.24, 2.45) is 0 Å². The normalized spacial score (nSPS) is 11.9. The fourth-order valence-electron chi connectivity index (χ4n) is 1.94. The van der Waals surface area contributed by atoms with Crippen LogP contribution in [0, 0.1) is 11.8 Å². The highest BCUT2D eigenvalue weighted by Crippen LogP contribution is 2.22. The van der Waals surface area contributed by atoms with Gasteiger partial charge in [0.1, 0.15) is 5.75 Å². The molecule has 0 heterocycles. The van der Waals surface area contributed by atoms with E-state index in [0.717, 1.165) is 29.8 Å². The second kappa shape index (κ2) is 8.63. The van der Waals surface area contributed by atoms with E-state index in [-0.39, 0.29) is 6.61 Å².